The molecule has 0 unspecified atom stereocenters. The molecule has 0 spiro atoms. The molecular formula is C10H9ClFNS2. The van der Waals surface area contributed by atoms with Gasteiger partial charge in [0.25, 0.3) is 0 Å². The van der Waals surface area contributed by atoms with Gasteiger partial charge in [0.2, 0.25) is 0 Å². The van der Waals surface area contributed by atoms with Crippen molar-refractivity contribution in [2.75, 3.05) is 5.75 Å². The molecule has 1 aromatic carbocycles. The number of benzene rings is 1. The topological polar surface area (TPSA) is 12.4 Å². The van der Waals surface area contributed by atoms with Crippen LogP contribution in [0.3, 0.4) is 0 Å². The lowest BCUT2D eigenvalue weighted by molar-refractivity contribution is 0.629. The summed E-state index contributed by atoms with van der Waals surface area (Å²) < 4.78 is 13.3. The van der Waals surface area contributed by atoms with Crippen molar-refractivity contribution in [1.29, 1.82) is 0 Å². The predicted octanol–water partition coefficient (Wildman–Crippen LogP) is 4.72. The van der Waals surface area contributed by atoms with E-state index in [0.717, 1.165) is 17.1 Å². The van der Waals surface area contributed by atoms with Gasteiger partial charge in [-0.05, 0) is 36.5 Å². The van der Waals surface area contributed by atoms with Crippen LogP contribution >= 0.6 is 35.6 Å². The van der Waals surface area contributed by atoms with Gasteiger partial charge in [0.15, 0.2) is 5.82 Å². The Hall–Kier alpha value is -0.410. The van der Waals surface area contributed by atoms with Gasteiger partial charge in [0.1, 0.15) is 5.69 Å². The minimum Gasteiger partial charge on any atom is -0.205 e. The smallest absolute Gasteiger partial charge is 0.151 e. The third kappa shape index (κ3) is 3.58. The lowest BCUT2D eigenvalue weighted by atomic mass is 10.3. The first kappa shape index (κ1) is 12.7. The monoisotopic (exact) mass is 261 g/mol. The van der Waals surface area contributed by atoms with Gasteiger partial charge in [-0.3, -0.25) is 0 Å². The normalized spacial score (nSPS) is 9.80. The molecule has 1 aromatic rings. The van der Waals surface area contributed by atoms with Gasteiger partial charge in [-0.25, -0.2) is 4.39 Å². The fraction of sp³-hybridized carbons (Fsp3) is 0.300. The van der Waals surface area contributed by atoms with E-state index < -0.39 is 5.82 Å². The lowest BCUT2D eigenvalue weighted by Gasteiger charge is -2.04. The third-order valence-corrected chi connectivity index (χ3v) is 3.41. The molecule has 0 aliphatic carbocycles. The molecule has 15 heavy (non-hydrogen) atoms. The van der Waals surface area contributed by atoms with E-state index in [2.05, 4.69) is 29.3 Å². The van der Waals surface area contributed by atoms with Crippen LogP contribution in [0.25, 0.3) is 0 Å². The van der Waals surface area contributed by atoms with Gasteiger partial charge in [-0.15, -0.1) is 11.8 Å². The summed E-state index contributed by atoms with van der Waals surface area (Å²) in [6, 6.07) is 2.85. The molecule has 0 amide bonds. The van der Waals surface area contributed by atoms with Crippen molar-refractivity contribution in [3.05, 3.63) is 23.0 Å². The molecule has 0 aliphatic heterocycles. The number of rotatable bonds is 4. The highest BCUT2D eigenvalue weighted by atomic mass is 35.5. The van der Waals surface area contributed by atoms with E-state index in [9.17, 15) is 4.39 Å². The van der Waals surface area contributed by atoms with Crippen LogP contribution in [0.5, 0.6) is 0 Å². The second kappa shape index (κ2) is 6.23. The molecule has 0 fully saturated rings. The third-order valence-electron chi connectivity index (χ3n) is 1.63. The minimum absolute atomic E-state index is 0.188. The number of hydrogen-bond donors (Lipinski definition) is 0. The van der Waals surface area contributed by atoms with E-state index in [1.165, 1.54) is 6.07 Å². The van der Waals surface area contributed by atoms with Gasteiger partial charge in [-0.2, -0.15) is 4.99 Å². The first-order valence-corrected chi connectivity index (χ1v) is 6.16. The summed E-state index contributed by atoms with van der Waals surface area (Å²) in [6.45, 7) is 2.07. The molecule has 0 radical (unpaired) electrons. The zero-order chi connectivity index (χ0) is 11.3. The van der Waals surface area contributed by atoms with Crippen LogP contribution in [0.1, 0.15) is 13.3 Å². The Kier molecular flexibility index (Phi) is 5.26. The molecule has 0 aliphatic rings. The summed E-state index contributed by atoms with van der Waals surface area (Å²) in [5.41, 5.74) is 0.188. The summed E-state index contributed by atoms with van der Waals surface area (Å²) in [5, 5.41) is 2.55. The van der Waals surface area contributed by atoms with Crippen LogP contribution in [0.15, 0.2) is 22.0 Å². The van der Waals surface area contributed by atoms with Gasteiger partial charge in [0.05, 0.1) is 10.2 Å². The van der Waals surface area contributed by atoms with Crippen LogP contribution in [0.2, 0.25) is 5.02 Å². The quantitative estimate of drug-likeness (QED) is 0.442. The fourth-order valence-corrected chi connectivity index (χ4v) is 2.20. The zero-order valence-corrected chi connectivity index (χ0v) is 10.5. The van der Waals surface area contributed by atoms with Crippen LogP contribution in [0.4, 0.5) is 10.1 Å². The van der Waals surface area contributed by atoms with Gasteiger partial charge in [0, 0.05) is 4.90 Å². The molecule has 0 N–H and O–H groups in total. The minimum atomic E-state index is -0.474. The molecule has 0 saturated carbocycles. The van der Waals surface area contributed by atoms with Gasteiger partial charge in [-0.1, -0.05) is 18.5 Å². The number of thioether (sulfide) groups is 1. The van der Waals surface area contributed by atoms with Crippen LogP contribution < -0.4 is 0 Å². The second-order valence-corrected chi connectivity index (χ2v) is 4.51. The Morgan fingerprint density at radius 3 is 2.93 bits per heavy atom. The summed E-state index contributed by atoms with van der Waals surface area (Å²) in [5.74, 6) is 0.463. The van der Waals surface area contributed by atoms with Crippen molar-refractivity contribution in [3.8, 4) is 0 Å². The maximum absolute atomic E-state index is 13.3. The van der Waals surface area contributed by atoms with Gasteiger partial charge < -0.3 is 0 Å². The SMILES string of the molecule is CCCSc1cc(N=C=S)c(F)cc1Cl. The average molecular weight is 262 g/mol. The Bertz CT molecular complexity index is 403. The molecule has 0 bridgehead atoms. The molecule has 1 nitrogen and oxygen atoms in total. The summed E-state index contributed by atoms with van der Waals surface area (Å²) >= 11 is 11.9. The highest BCUT2D eigenvalue weighted by molar-refractivity contribution is 7.99. The van der Waals surface area contributed by atoms with Gasteiger partial charge >= 0.3 is 0 Å². The van der Waals surface area contributed by atoms with Crippen molar-refractivity contribution in [2.24, 2.45) is 4.99 Å². The summed E-state index contributed by atoms with van der Waals surface area (Å²) in [7, 11) is 0. The molecule has 1 rings (SSSR count). The van der Waals surface area contributed by atoms with Crippen molar-refractivity contribution in [2.45, 2.75) is 18.2 Å². The number of aliphatic imine (C=N–C) groups is 1. The standard InChI is InChI=1S/C10H9ClFNS2/c1-2-3-15-10-5-9(13-6-14)8(12)4-7(10)11/h4-5H,2-3H2,1H3. The predicted molar refractivity (Wildman–Crippen MR) is 67.1 cm³/mol. The lowest BCUT2D eigenvalue weighted by Crippen LogP contribution is -1.82. The molecule has 0 saturated heterocycles. The number of thiocarbonyl (C=S) groups is 1. The molecule has 0 aromatic heterocycles. The Morgan fingerprint density at radius 2 is 2.33 bits per heavy atom. The van der Waals surface area contributed by atoms with E-state index in [0.29, 0.717) is 5.02 Å². The fourth-order valence-electron chi connectivity index (χ4n) is 0.976. The summed E-state index contributed by atoms with van der Waals surface area (Å²) in [6.07, 6.45) is 1.03. The maximum atomic E-state index is 13.3. The number of hydrogen-bond acceptors (Lipinski definition) is 3. The van der Waals surface area contributed by atoms with E-state index in [1.807, 2.05) is 0 Å². The number of halogens is 2. The van der Waals surface area contributed by atoms with Crippen LogP contribution in [-0.2, 0) is 0 Å². The highest BCUT2D eigenvalue weighted by Gasteiger charge is 2.07. The zero-order valence-electron chi connectivity index (χ0n) is 8.09. The Labute approximate surface area is 103 Å². The van der Waals surface area contributed by atoms with Crippen LogP contribution in [-0.4, -0.2) is 10.9 Å². The number of nitrogens with zero attached hydrogens (tertiary/aromatic N) is 1. The summed E-state index contributed by atoms with van der Waals surface area (Å²) in [4.78, 5) is 4.46. The van der Waals surface area contributed by atoms with Crippen LogP contribution in [0, 0.1) is 5.82 Å². The molecule has 0 atom stereocenters. The first-order chi connectivity index (χ1) is 7.19. The molecule has 80 valence electrons. The molecule has 0 heterocycles. The second-order valence-electron chi connectivity index (χ2n) is 2.79. The average Bonchev–Trinajstić information content (AvgIpc) is 2.20. The van der Waals surface area contributed by atoms with Crippen molar-refractivity contribution < 1.29 is 4.39 Å². The molecule has 5 heteroatoms. The van der Waals surface area contributed by atoms with E-state index in [4.69, 9.17) is 11.6 Å². The van der Waals surface area contributed by atoms with Crippen molar-refractivity contribution in [3.63, 3.8) is 0 Å². The first-order valence-electron chi connectivity index (χ1n) is 4.38. The Balaban J connectivity index is 3.05. The molecular weight excluding hydrogens is 253 g/mol. The van der Waals surface area contributed by atoms with Crippen molar-refractivity contribution in [1.82, 2.24) is 0 Å². The van der Waals surface area contributed by atoms with E-state index in [1.54, 1.807) is 17.8 Å². The Morgan fingerprint density at radius 1 is 1.60 bits per heavy atom. The van der Waals surface area contributed by atoms with Crippen molar-refractivity contribution >= 4 is 46.4 Å². The van der Waals surface area contributed by atoms with E-state index >= 15 is 0 Å². The van der Waals surface area contributed by atoms with E-state index in [-0.39, 0.29) is 5.69 Å². The highest BCUT2D eigenvalue weighted by Crippen LogP contribution is 2.33. The largest absolute Gasteiger partial charge is 0.205 e. The number of isothiocyanates is 1. The maximum Gasteiger partial charge on any atom is 0.151 e.